The van der Waals surface area contributed by atoms with Crippen LogP contribution < -0.4 is 20.3 Å². The fraction of sp³-hybridized carbons (Fsp3) is 0.304. The van der Waals surface area contributed by atoms with E-state index >= 15 is 0 Å². The number of hydrogen-bond acceptors (Lipinski definition) is 9. The lowest BCUT2D eigenvalue weighted by atomic mass is 10.1. The van der Waals surface area contributed by atoms with Crippen LogP contribution in [0.15, 0.2) is 48.5 Å². The molecular weight excluding hydrogens is 408 g/mol. The minimum Gasteiger partial charge on any atom is -0.494 e. The first-order valence-corrected chi connectivity index (χ1v) is 10.6. The van der Waals surface area contributed by atoms with Gasteiger partial charge in [-0.25, -0.2) is 0 Å². The van der Waals surface area contributed by atoms with Crippen LogP contribution in [0.4, 0.5) is 29.2 Å². The number of benzene rings is 2. The minimum atomic E-state index is -0.00356. The molecule has 2 N–H and O–H groups in total. The predicted molar refractivity (Wildman–Crippen MR) is 123 cm³/mol. The van der Waals surface area contributed by atoms with Crippen molar-refractivity contribution in [3.63, 3.8) is 0 Å². The number of nitrogens with one attached hydrogen (secondary N) is 2. The summed E-state index contributed by atoms with van der Waals surface area (Å²) in [6.07, 6.45) is 0. The molecule has 2 heterocycles. The van der Waals surface area contributed by atoms with E-state index in [4.69, 9.17) is 9.47 Å². The number of ether oxygens (including phenoxy) is 2. The Kier molecular flexibility index (Phi) is 6.76. The molecule has 0 spiro atoms. The standard InChI is InChI=1S/C23H26N6O3/c1-3-32-20-9-7-18(8-10-20)24-21-26-22(25-19-6-4-5-17(15-19)16(2)30)28-23(27-21)29-11-13-31-14-12-29/h4-10,15H,3,11-14H2,1-2H3,(H2,24,25,26,27,28). The van der Waals surface area contributed by atoms with Crippen LogP contribution in [0.1, 0.15) is 24.2 Å². The molecule has 1 fully saturated rings. The third-order valence-electron chi connectivity index (χ3n) is 4.86. The van der Waals surface area contributed by atoms with Crippen LogP contribution in [-0.4, -0.2) is 53.6 Å². The summed E-state index contributed by atoms with van der Waals surface area (Å²) < 4.78 is 11.0. The zero-order valence-electron chi connectivity index (χ0n) is 18.2. The smallest absolute Gasteiger partial charge is 0.233 e. The van der Waals surface area contributed by atoms with Crippen LogP contribution >= 0.6 is 0 Å². The van der Waals surface area contributed by atoms with Crippen LogP contribution in [0.5, 0.6) is 5.75 Å². The van der Waals surface area contributed by atoms with Gasteiger partial charge < -0.3 is 25.0 Å². The molecule has 0 radical (unpaired) electrons. The molecule has 3 aromatic rings. The number of ketones is 1. The largest absolute Gasteiger partial charge is 0.494 e. The molecule has 0 unspecified atom stereocenters. The number of rotatable bonds is 8. The normalized spacial score (nSPS) is 13.5. The van der Waals surface area contributed by atoms with Crippen LogP contribution in [0.25, 0.3) is 0 Å². The highest BCUT2D eigenvalue weighted by Gasteiger charge is 2.17. The molecule has 0 saturated carbocycles. The molecule has 9 nitrogen and oxygen atoms in total. The fourth-order valence-corrected chi connectivity index (χ4v) is 3.26. The van der Waals surface area contributed by atoms with E-state index in [1.807, 2.05) is 43.3 Å². The van der Waals surface area contributed by atoms with Crippen LogP contribution in [0, 0.1) is 0 Å². The van der Waals surface area contributed by atoms with Gasteiger partial charge in [0.2, 0.25) is 17.8 Å². The second kappa shape index (κ2) is 10.1. The molecule has 1 aliphatic rings. The zero-order valence-corrected chi connectivity index (χ0v) is 18.2. The van der Waals surface area contributed by atoms with Gasteiger partial charge in [0, 0.05) is 30.0 Å². The van der Waals surface area contributed by atoms with Crippen molar-refractivity contribution in [1.29, 1.82) is 0 Å². The molecule has 9 heteroatoms. The zero-order chi connectivity index (χ0) is 22.3. The Morgan fingerprint density at radius 2 is 1.69 bits per heavy atom. The number of nitrogens with zero attached hydrogens (tertiary/aromatic N) is 4. The van der Waals surface area contributed by atoms with Crippen LogP contribution in [0.3, 0.4) is 0 Å². The summed E-state index contributed by atoms with van der Waals surface area (Å²) >= 11 is 0. The average Bonchev–Trinajstić information content (AvgIpc) is 2.81. The molecular formula is C23H26N6O3. The van der Waals surface area contributed by atoms with Crippen molar-refractivity contribution in [2.75, 3.05) is 48.4 Å². The first-order chi connectivity index (χ1) is 15.6. The maximum Gasteiger partial charge on any atom is 0.233 e. The Bertz CT molecular complexity index is 1070. The van der Waals surface area contributed by atoms with Crippen molar-refractivity contribution >= 4 is 35.0 Å². The summed E-state index contributed by atoms with van der Waals surface area (Å²) in [7, 11) is 0. The first-order valence-electron chi connectivity index (χ1n) is 10.6. The molecule has 4 rings (SSSR count). The van der Waals surface area contributed by atoms with E-state index in [-0.39, 0.29) is 5.78 Å². The summed E-state index contributed by atoms with van der Waals surface area (Å²) in [6, 6.07) is 14.8. The molecule has 32 heavy (non-hydrogen) atoms. The average molecular weight is 435 g/mol. The first kappa shape index (κ1) is 21.5. The molecule has 1 aromatic heterocycles. The van der Waals surface area contributed by atoms with E-state index in [0.717, 1.165) is 17.1 Å². The Labute approximate surface area is 186 Å². The summed E-state index contributed by atoms with van der Waals surface area (Å²) in [5, 5.41) is 6.44. The lowest BCUT2D eigenvalue weighted by Gasteiger charge is -2.27. The summed E-state index contributed by atoms with van der Waals surface area (Å²) in [5.74, 6) is 2.15. The number of Topliss-reactive ketones (excluding diaryl/α,β-unsaturated/α-hetero) is 1. The van der Waals surface area contributed by atoms with Crippen molar-refractivity contribution in [3.05, 3.63) is 54.1 Å². The third-order valence-corrected chi connectivity index (χ3v) is 4.86. The van der Waals surface area contributed by atoms with Crippen LogP contribution in [-0.2, 0) is 4.74 Å². The van der Waals surface area contributed by atoms with Crippen molar-refractivity contribution in [3.8, 4) is 5.75 Å². The predicted octanol–water partition coefficient (Wildman–Crippen LogP) is 3.80. The lowest BCUT2D eigenvalue weighted by molar-refractivity contribution is 0.101. The van der Waals surface area contributed by atoms with Crippen molar-refractivity contribution in [2.45, 2.75) is 13.8 Å². The highest BCUT2D eigenvalue weighted by Crippen LogP contribution is 2.23. The number of morpholine rings is 1. The van der Waals surface area contributed by atoms with Crippen molar-refractivity contribution in [1.82, 2.24) is 15.0 Å². The quantitative estimate of drug-likeness (QED) is 0.513. The van der Waals surface area contributed by atoms with E-state index in [0.29, 0.717) is 56.3 Å². The molecule has 0 aliphatic carbocycles. The molecule has 0 bridgehead atoms. The highest BCUT2D eigenvalue weighted by molar-refractivity contribution is 5.95. The SMILES string of the molecule is CCOc1ccc(Nc2nc(Nc3cccc(C(C)=O)c3)nc(N3CCOCC3)n2)cc1. The number of hydrogen-bond donors (Lipinski definition) is 2. The van der Waals surface area contributed by atoms with Gasteiger partial charge in [0.15, 0.2) is 5.78 Å². The highest BCUT2D eigenvalue weighted by atomic mass is 16.5. The van der Waals surface area contributed by atoms with Gasteiger partial charge >= 0.3 is 0 Å². The van der Waals surface area contributed by atoms with Crippen molar-refractivity contribution in [2.24, 2.45) is 0 Å². The van der Waals surface area contributed by atoms with Crippen LogP contribution in [0.2, 0.25) is 0 Å². The van der Waals surface area contributed by atoms with Gasteiger partial charge in [-0.1, -0.05) is 12.1 Å². The fourth-order valence-electron chi connectivity index (χ4n) is 3.26. The van der Waals surface area contributed by atoms with E-state index in [1.165, 1.54) is 6.92 Å². The van der Waals surface area contributed by atoms with Gasteiger partial charge in [0.05, 0.1) is 19.8 Å². The van der Waals surface area contributed by atoms with E-state index in [9.17, 15) is 4.79 Å². The lowest BCUT2D eigenvalue weighted by Crippen LogP contribution is -2.37. The Morgan fingerprint density at radius 3 is 2.34 bits per heavy atom. The second-order valence-electron chi connectivity index (χ2n) is 7.23. The molecule has 1 aliphatic heterocycles. The maximum absolute atomic E-state index is 11.7. The topological polar surface area (TPSA) is 102 Å². The van der Waals surface area contributed by atoms with Gasteiger partial charge in [-0.3, -0.25) is 4.79 Å². The van der Waals surface area contributed by atoms with Gasteiger partial charge in [-0.05, 0) is 50.2 Å². The molecule has 0 amide bonds. The van der Waals surface area contributed by atoms with E-state index in [2.05, 4.69) is 30.5 Å². The minimum absolute atomic E-state index is 0.00356. The molecule has 166 valence electrons. The molecule has 1 saturated heterocycles. The summed E-state index contributed by atoms with van der Waals surface area (Å²) in [6.45, 7) is 6.75. The third kappa shape index (κ3) is 5.50. The second-order valence-corrected chi connectivity index (χ2v) is 7.23. The Balaban J connectivity index is 1.61. The van der Waals surface area contributed by atoms with Gasteiger partial charge in [-0.15, -0.1) is 0 Å². The van der Waals surface area contributed by atoms with E-state index < -0.39 is 0 Å². The Hall–Kier alpha value is -3.72. The molecule has 2 aromatic carbocycles. The Morgan fingerprint density at radius 1 is 1.00 bits per heavy atom. The molecule has 0 atom stereocenters. The number of anilines is 5. The number of carbonyl (C=O) groups is 1. The maximum atomic E-state index is 11.7. The van der Waals surface area contributed by atoms with Gasteiger partial charge in [-0.2, -0.15) is 15.0 Å². The van der Waals surface area contributed by atoms with E-state index in [1.54, 1.807) is 12.1 Å². The number of carbonyl (C=O) groups excluding carboxylic acids is 1. The van der Waals surface area contributed by atoms with Gasteiger partial charge in [0.25, 0.3) is 0 Å². The number of aromatic nitrogens is 3. The van der Waals surface area contributed by atoms with Gasteiger partial charge in [0.1, 0.15) is 5.75 Å². The summed E-state index contributed by atoms with van der Waals surface area (Å²) in [5.41, 5.74) is 2.17. The summed E-state index contributed by atoms with van der Waals surface area (Å²) in [4.78, 5) is 27.5. The monoisotopic (exact) mass is 434 g/mol. The van der Waals surface area contributed by atoms with Crippen molar-refractivity contribution < 1.29 is 14.3 Å².